The highest BCUT2D eigenvalue weighted by Gasteiger charge is 2.21. The van der Waals surface area contributed by atoms with Gasteiger partial charge in [0.25, 0.3) is 0 Å². The lowest BCUT2D eigenvalue weighted by Crippen LogP contribution is -2.35. The molecule has 1 aromatic rings. The van der Waals surface area contributed by atoms with E-state index >= 15 is 0 Å². The molecule has 0 radical (unpaired) electrons. The molecule has 1 aliphatic rings. The number of hydrogen-bond acceptors (Lipinski definition) is 3. The molecule has 0 aliphatic carbocycles. The quantitative estimate of drug-likeness (QED) is 0.808. The second-order valence-electron chi connectivity index (χ2n) is 4.83. The fourth-order valence-corrected chi connectivity index (χ4v) is 2.14. The Morgan fingerprint density at radius 1 is 1.40 bits per heavy atom. The first kappa shape index (κ1) is 14.6. The first-order valence-corrected chi connectivity index (χ1v) is 6.93. The van der Waals surface area contributed by atoms with Crippen molar-refractivity contribution in [2.75, 3.05) is 19.8 Å². The highest BCUT2D eigenvalue weighted by molar-refractivity contribution is 5.78. The lowest BCUT2D eigenvalue weighted by Gasteiger charge is -2.21. The van der Waals surface area contributed by atoms with E-state index in [0.29, 0.717) is 19.7 Å². The van der Waals surface area contributed by atoms with Crippen LogP contribution in [0.5, 0.6) is 0 Å². The number of carbonyl (C=O) groups excluding carboxylic acids is 1. The summed E-state index contributed by atoms with van der Waals surface area (Å²) in [6.07, 6.45) is 1.88. The summed E-state index contributed by atoms with van der Waals surface area (Å²) in [6, 6.07) is 7.82. The van der Waals surface area contributed by atoms with Crippen LogP contribution >= 0.6 is 0 Å². The normalized spacial score (nSPS) is 17.9. The van der Waals surface area contributed by atoms with E-state index in [0.717, 1.165) is 30.6 Å². The van der Waals surface area contributed by atoms with Gasteiger partial charge in [0.2, 0.25) is 5.91 Å². The Kier molecular flexibility index (Phi) is 5.60. The van der Waals surface area contributed by atoms with Gasteiger partial charge >= 0.3 is 0 Å². The van der Waals surface area contributed by atoms with E-state index in [1.54, 1.807) is 0 Å². The molecular formula is C16H20N2O2. The Morgan fingerprint density at radius 2 is 2.20 bits per heavy atom. The maximum absolute atomic E-state index is 12.0. The zero-order valence-corrected chi connectivity index (χ0v) is 11.5. The predicted molar refractivity (Wildman–Crippen MR) is 77.8 cm³/mol. The van der Waals surface area contributed by atoms with Gasteiger partial charge in [0.05, 0.1) is 19.1 Å². The van der Waals surface area contributed by atoms with Crippen LogP contribution in [-0.4, -0.2) is 25.7 Å². The third-order valence-electron chi connectivity index (χ3n) is 3.29. The van der Waals surface area contributed by atoms with E-state index in [1.807, 2.05) is 24.3 Å². The first-order valence-electron chi connectivity index (χ1n) is 6.93. The number of benzene rings is 1. The molecule has 2 rings (SSSR count). The maximum atomic E-state index is 12.0. The molecule has 0 aromatic heterocycles. The third-order valence-corrected chi connectivity index (χ3v) is 3.29. The Bertz CT molecular complexity index is 493. The smallest absolute Gasteiger partial charge is 0.225 e. The van der Waals surface area contributed by atoms with Crippen molar-refractivity contribution in [1.82, 2.24) is 5.32 Å². The maximum Gasteiger partial charge on any atom is 0.225 e. The van der Waals surface area contributed by atoms with Gasteiger partial charge in [-0.25, -0.2) is 0 Å². The van der Waals surface area contributed by atoms with Crippen LogP contribution in [0.1, 0.15) is 24.0 Å². The summed E-state index contributed by atoms with van der Waals surface area (Å²) in [5.41, 5.74) is 7.33. The predicted octanol–water partition coefficient (Wildman–Crippen LogP) is 1.04. The van der Waals surface area contributed by atoms with Crippen molar-refractivity contribution in [3.8, 4) is 11.8 Å². The van der Waals surface area contributed by atoms with Crippen LogP contribution in [0, 0.1) is 17.8 Å². The second-order valence-corrected chi connectivity index (χ2v) is 4.83. The van der Waals surface area contributed by atoms with Gasteiger partial charge in [0.15, 0.2) is 0 Å². The number of nitrogens with one attached hydrogen (secondary N) is 1. The third kappa shape index (κ3) is 4.37. The largest absolute Gasteiger partial charge is 0.381 e. The summed E-state index contributed by atoms with van der Waals surface area (Å²) in [7, 11) is 0. The van der Waals surface area contributed by atoms with Crippen molar-refractivity contribution in [2.24, 2.45) is 11.7 Å². The second kappa shape index (κ2) is 7.68. The Labute approximate surface area is 119 Å². The molecule has 1 aliphatic heterocycles. The molecule has 4 heteroatoms. The van der Waals surface area contributed by atoms with Gasteiger partial charge < -0.3 is 15.8 Å². The molecule has 0 saturated carbocycles. The van der Waals surface area contributed by atoms with Gasteiger partial charge in [-0.3, -0.25) is 4.79 Å². The van der Waals surface area contributed by atoms with E-state index in [4.69, 9.17) is 10.5 Å². The molecule has 1 amide bonds. The van der Waals surface area contributed by atoms with Gasteiger partial charge in [-0.1, -0.05) is 24.0 Å². The summed E-state index contributed by atoms with van der Waals surface area (Å²) < 4.78 is 5.32. The average Bonchev–Trinajstić information content (AvgIpc) is 2.52. The lowest BCUT2D eigenvalue weighted by atomic mass is 10.0. The summed E-state index contributed by atoms with van der Waals surface area (Å²) in [5.74, 6) is 5.86. The van der Waals surface area contributed by atoms with Crippen molar-refractivity contribution >= 4 is 5.91 Å². The van der Waals surface area contributed by atoms with Crippen LogP contribution in [-0.2, 0) is 16.1 Å². The number of rotatable bonds is 3. The van der Waals surface area contributed by atoms with E-state index in [9.17, 15) is 4.79 Å². The fourth-order valence-electron chi connectivity index (χ4n) is 2.14. The SMILES string of the molecule is NCC#Cc1ccc(CNC(=O)C2CCCOC2)cc1. The topological polar surface area (TPSA) is 64.3 Å². The van der Waals surface area contributed by atoms with Crippen LogP contribution < -0.4 is 11.1 Å². The molecule has 4 nitrogen and oxygen atoms in total. The number of carbonyl (C=O) groups is 1. The first-order chi connectivity index (χ1) is 9.79. The highest BCUT2D eigenvalue weighted by Crippen LogP contribution is 2.13. The molecule has 1 saturated heterocycles. The van der Waals surface area contributed by atoms with Crippen LogP contribution in [0.4, 0.5) is 0 Å². The van der Waals surface area contributed by atoms with Gasteiger partial charge in [-0.2, -0.15) is 0 Å². The Balaban J connectivity index is 1.82. The highest BCUT2D eigenvalue weighted by atomic mass is 16.5. The number of nitrogens with two attached hydrogens (primary N) is 1. The molecule has 3 N–H and O–H groups in total. The molecule has 1 fully saturated rings. The van der Waals surface area contributed by atoms with Crippen LogP contribution in [0.2, 0.25) is 0 Å². The minimum Gasteiger partial charge on any atom is -0.381 e. The van der Waals surface area contributed by atoms with E-state index in [1.165, 1.54) is 0 Å². The standard InChI is InChI=1S/C16H20N2O2/c17-9-1-3-13-5-7-14(8-6-13)11-18-16(19)15-4-2-10-20-12-15/h5-8,15H,2,4,9-12,17H2,(H,18,19). The van der Waals surface area contributed by atoms with Crippen LogP contribution in [0.25, 0.3) is 0 Å². The minimum atomic E-state index is -0.00144. The monoisotopic (exact) mass is 272 g/mol. The van der Waals surface area contributed by atoms with Crippen molar-refractivity contribution in [2.45, 2.75) is 19.4 Å². The molecule has 1 atom stereocenters. The molecule has 0 bridgehead atoms. The summed E-state index contributed by atoms with van der Waals surface area (Å²) in [4.78, 5) is 12.0. The molecule has 0 spiro atoms. The zero-order valence-electron chi connectivity index (χ0n) is 11.5. The van der Waals surface area contributed by atoms with Gasteiger partial charge in [0.1, 0.15) is 0 Å². The van der Waals surface area contributed by atoms with Gasteiger partial charge in [0, 0.05) is 18.7 Å². The summed E-state index contributed by atoms with van der Waals surface area (Å²) in [6.45, 7) is 2.22. The van der Waals surface area contributed by atoms with Crippen LogP contribution in [0.15, 0.2) is 24.3 Å². The van der Waals surface area contributed by atoms with Crippen molar-refractivity contribution in [3.63, 3.8) is 0 Å². The van der Waals surface area contributed by atoms with Crippen molar-refractivity contribution in [1.29, 1.82) is 0 Å². The summed E-state index contributed by atoms with van der Waals surface area (Å²) in [5, 5.41) is 2.96. The average molecular weight is 272 g/mol. The van der Waals surface area contributed by atoms with E-state index in [2.05, 4.69) is 17.2 Å². The lowest BCUT2D eigenvalue weighted by molar-refractivity contribution is -0.129. The van der Waals surface area contributed by atoms with Crippen molar-refractivity contribution in [3.05, 3.63) is 35.4 Å². The zero-order chi connectivity index (χ0) is 14.2. The number of hydrogen-bond donors (Lipinski definition) is 2. The Morgan fingerprint density at radius 3 is 2.85 bits per heavy atom. The minimum absolute atomic E-state index is 0.00144. The molecular weight excluding hydrogens is 252 g/mol. The molecule has 1 unspecified atom stereocenters. The van der Waals surface area contributed by atoms with Crippen molar-refractivity contribution < 1.29 is 9.53 Å². The summed E-state index contributed by atoms with van der Waals surface area (Å²) >= 11 is 0. The van der Waals surface area contributed by atoms with E-state index in [-0.39, 0.29) is 11.8 Å². The fraction of sp³-hybridized carbons (Fsp3) is 0.438. The molecule has 20 heavy (non-hydrogen) atoms. The molecule has 106 valence electrons. The van der Waals surface area contributed by atoms with Crippen LogP contribution in [0.3, 0.4) is 0 Å². The molecule has 1 aromatic carbocycles. The molecule has 1 heterocycles. The Hall–Kier alpha value is -1.83. The van der Waals surface area contributed by atoms with Gasteiger partial charge in [-0.05, 0) is 30.5 Å². The van der Waals surface area contributed by atoms with E-state index < -0.39 is 0 Å². The number of amides is 1. The van der Waals surface area contributed by atoms with Gasteiger partial charge in [-0.15, -0.1) is 0 Å². The number of ether oxygens (including phenoxy) is 1.